The number of aliphatic carboxylic acids is 1. The summed E-state index contributed by atoms with van der Waals surface area (Å²) in [7, 11) is 0. The summed E-state index contributed by atoms with van der Waals surface area (Å²) in [4.78, 5) is 51.9. The number of fused-ring (bicyclic) bond motifs is 1. The van der Waals surface area contributed by atoms with Crippen molar-refractivity contribution in [3.63, 3.8) is 0 Å². The van der Waals surface area contributed by atoms with Crippen molar-refractivity contribution in [3.05, 3.63) is 100 Å². The Morgan fingerprint density at radius 2 is 1.67 bits per heavy atom. The minimum absolute atomic E-state index is 0.107. The van der Waals surface area contributed by atoms with Crippen LogP contribution >= 0.6 is 11.6 Å². The van der Waals surface area contributed by atoms with E-state index in [4.69, 9.17) is 21.5 Å². The van der Waals surface area contributed by atoms with Crippen LogP contribution < -0.4 is 15.5 Å². The van der Waals surface area contributed by atoms with E-state index < -0.39 is 30.1 Å². The number of benzene rings is 3. The molecule has 14 nitrogen and oxygen atoms in total. The number of piperazine rings is 1. The zero-order valence-electron chi connectivity index (χ0n) is 26.5. The monoisotopic (exact) mass is 726 g/mol. The standard InChI is InChI=1S/C31H29ClN8O4.C2HF3O2/c32-22-7-10-26(40-19-34-36-37-40)21(18-22)6-11-28(41)39-15-12-24-25(2-1-3-27(24)38-16-13-33-14-17-38)29(39)30(42)35-23-8-4-20(5-9-23)31(43)44;3-2(4,5)1(6)7/h1-11,18-19,29,33H,12-17H2,(H,35,42)(H,43,44);(H,6,7)/b11-6+;. The number of alkyl halides is 3. The number of amides is 2. The highest BCUT2D eigenvalue weighted by Crippen LogP contribution is 2.37. The first-order valence-electron chi connectivity index (χ1n) is 15.4. The van der Waals surface area contributed by atoms with E-state index in [2.05, 4.69) is 37.1 Å². The van der Waals surface area contributed by atoms with Gasteiger partial charge in [-0.25, -0.2) is 9.59 Å². The minimum Gasteiger partial charge on any atom is -0.478 e. The summed E-state index contributed by atoms with van der Waals surface area (Å²) < 4.78 is 33.2. The normalized spacial score (nSPS) is 15.8. The molecule has 6 rings (SSSR count). The number of carboxylic acid groups (broad SMARTS) is 2. The number of carbonyl (C=O) groups excluding carboxylic acids is 2. The number of anilines is 2. The van der Waals surface area contributed by atoms with E-state index in [0.717, 1.165) is 43.0 Å². The Kier molecular flexibility index (Phi) is 11.3. The molecule has 2 aliphatic heterocycles. The Morgan fingerprint density at radius 3 is 2.29 bits per heavy atom. The van der Waals surface area contributed by atoms with Crippen LogP contribution in [0.3, 0.4) is 0 Å². The molecule has 51 heavy (non-hydrogen) atoms. The number of carbonyl (C=O) groups is 4. The highest BCUT2D eigenvalue weighted by molar-refractivity contribution is 6.30. The molecule has 0 spiro atoms. The average Bonchev–Trinajstić information content (AvgIpc) is 3.65. The van der Waals surface area contributed by atoms with Crippen LogP contribution in [-0.2, 0) is 20.8 Å². The van der Waals surface area contributed by atoms with Crippen molar-refractivity contribution in [2.75, 3.05) is 42.9 Å². The third kappa shape index (κ3) is 8.87. The third-order valence-electron chi connectivity index (χ3n) is 8.02. The average molecular weight is 727 g/mol. The first-order chi connectivity index (χ1) is 24.3. The van der Waals surface area contributed by atoms with E-state index in [0.29, 0.717) is 34.9 Å². The quantitative estimate of drug-likeness (QED) is 0.203. The number of tetrazole rings is 1. The van der Waals surface area contributed by atoms with Gasteiger partial charge < -0.3 is 30.6 Å². The fourth-order valence-electron chi connectivity index (χ4n) is 5.67. The lowest BCUT2D eigenvalue weighted by molar-refractivity contribution is -0.192. The summed E-state index contributed by atoms with van der Waals surface area (Å²) in [5.74, 6) is -4.57. The topological polar surface area (TPSA) is 183 Å². The van der Waals surface area contributed by atoms with Gasteiger partial charge in [0.2, 0.25) is 5.91 Å². The molecule has 0 bridgehead atoms. The summed E-state index contributed by atoms with van der Waals surface area (Å²) in [5.41, 5.74) is 4.66. The minimum atomic E-state index is -5.08. The second-order valence-electron chi connectivity index (χ2n) is 11.2. The number of carboxylic acids is 2. The van der Waals surface area contributed by atoms with Gasteiger partial charge in [0.1, 0.15) is 12.4 Å². The maximum absolute atomic E-state index is 14.0. The van der Waals surface area contributed by atoms with Crippen molar-refractivity contribution in [3.8, 4) is 5.69 Å². The predicted molar refractivity (Wildman–Crippen MR) is 179 cm³/mol. The highest BCUT2D eigenvalue weighted by atomic mass is 35.5. The van der Waals surface area contributed by atoms with Crippen LogP contribution in [0, 0.1) is 0 Å². The van der Waals surface area contributed by atoms with Crippen LogP contribution in [0.15, 0.2) is 73.1 Å². The van der Waals surface area contributed by atoms with Crippen LogP contribution in [0.2, 0.25) is 5.02 Å². The summed E-state index contributed by atoms with van der Waals surface area (Å²) in [5, 5.41) is 34.5. The first kappa shape index (κ1) is 36.5. The van der Waals surface area contributed by atoms with E-state index >= 15 is 0 Å². The van der Waals surface area contributed by atoms with Crippen LogP contribution in [-0.4, -0.2) is 98.0 Å². The number of aromatic carboxylic acids is 1. The molecule has 1 saturated heterocycles. The molecule has 3 heterocycles. The van der Waals surface area contributed by atoms with Crippen molar-refractivity contribution in [1.29, 1.82) is 0 Å². The van der Waals surface area contributed by atoms with Crippen molar-refractivity contribution in [2.45, 2.75) is 18.6 Å². The first-order valence-corrected chi connectivity index (χ1v) is 15.7. The molecule has 1 atom stereocenters. The molecule has 18 heteroatoms. The number of hydrogen-bond acceptors (Lipinski definition) is 9. The fraction of sp³-hybridized carbons (Fsp3) is 0.242. The van der Waals surface area contributed by atoms with Crippen molar-refractivity contribution in [2.24, 2.45) is 0 Å². The molecule has 0 radical (unpaired) electrons. The molecule has 2 amide bonds. The molecule has 4 aromatic rings. The van der Waals surface area contributed by atoms with Crippen LogP contribution in [0.4, 0.5) is 24.5 Å². The lowest BCUT2D eigenvalue weighted by Gasteiger charge is -2.39. The molecule has 266 valence electrons. The number of rotatable bonds is 7. The molecule has 3 aromatic carbocycles. The Hall–Kier alpha value is -5.81. The van der Waals surface area contributed by atoms with Gasteiger partial charge in [-0.05, 0) is 82.6 Å². The molecule has 1 aromatic heterocycles. The number of nitrogens with one attached hydrogen (secondary N) is 2. The maximum atomic E-state index is 14.0. The van der Waals surface area contributed by atoms with E-state index in [1.807, 2.05) is 12.1 Å². The van der Waals surface area contributed by atoms with E-state index in [9.17, 15) is 32.7 Å². The zero-order chi connectivity index (χ0) is 36.7. The van der Waals surface area contributed by atoms with Gasteiger partial charge in [-0.3, -0.25) is 9.59 Å². The lowest BCUT2D eigenvalue weighted by atomic mass is 9.89. The van der Waals surface area contributed by atoms with Gasteiger partial charge >= 0.3 is 18.1 Å². The summed E-state index contributed by atoms with van der Waals surface area (Å²) >= 11 is 6.26. The van der Waals surface area contributed by atoms with Gasteiger partial charge in [-0.15, -0.1) is 5.10 Å². The smallest absolute Gasteiger partial charge is 0.478 e. The van der Waals surface area contributed by atoms with Crippen molar-refractivity contribution < 1.29 is 42.6 Å². The largest absolute Gasteiger partial charge is 0.490 e. The Morgan fingerprint density at radius 1 is 0.961 bits per heavy atom. The highest BCUT2D eigenvalue weighted by Gasteiger charge is 2.38. The number of aromatic nitrogens is 4. The summed E-state index contributed by atoms with van der Waals surface area (Å²) in [6, 6.07) is 16.1. The molecular formula is C33H30ClF3N8O6. The number of halogens is 4. The molecule has 0 saturated carbocycles. The van der Waals surface area contributed by atoms with E-state index in [1.54, 1.807) is 29.2 Å². The molecule has 1 unspecified atom stereocenters. The van der Waals surface area contributed by atoms with E-state index in [1.165, 1.54) is 41.4 Å². The maximum Gasteiger partial charge on any atom is 0.490 e. The van der Waals surface area contributed by atoms with Gasteiger partial charge in [-0.1, -0.05) is 23.7 Å². The van der Waals surface area contributed by atoms with Gasteiger partial charge in [0, 0.05) is 60.8 Å². The Balaban J connectivity index is 0.000000654. The molecule has 2 aliphatic rings. The molecule has 0 aliphatic carbocycles. The fourth-order valence-corrected chi connectivity index (χ4v) is 5.86. The van der Waals surface area contributed by atoms with Gasteiger partial charge in [-0.2, -0.15) is 17.9 Å². The van der Waals surface area contributed by atoms with Crippen LogP contribution in [0.1, 0.15) is 33.1 Å². The van der Waals surface area contributed by atoms with Crippen LogP contribution in [0.5, 0.6) is 0 Å². The van der Waals surface area contributed by atoms with Crippen molar-refractivity contribution >= 4 is 52.8 Å². The number of nitrogens with zero attached hydrogens (tertiary/aromatic N) is 6. The van der Waals surface area contributed by atoms with Crippen molar-refractivity contribution in [1.82, 2.24) is 30.4 Å². The summed E-state index contributed by atoms with van der Waals surface area (Å²) in [6.07, 6.45) is 0.00650. The summed E-state index contributed by atoms with van der Waals surface area (Å²) in [6.45, 7) is 3.75. The van der Waals surface area contributed by atoms with Gasteiger partial charge in [0.05, 0.1) is 11.3 Å². The van der Waals surface area contributed by atoms with Crippen LogP contribution in [0.25, 0.3) is 11.8 Å². The SMILES string of the molecule is O=C(O)C(F)(F)F.O=C(O)c1ccc(NC(=O)C2c3cccc(N4CCNCC4)c3CCN2C(=O)/C=C/c2cc(Cl)ccc2-n2cnnn2)cc1. The number of hydrogen-bond donors (Lipinski definition) is 4. The second kappa shape index (κ2) is 15.8. The Bertz CT molecular complexity index is 1930. The third-order valence-corrected chi connectivity index (χ3v) is 8.25. The van der Waals surface area contributed by atoms with E-state index in [-0.39, 0.29) is 11.5 Å². The van der Waals surface area contributed by atoms with Gasteiger partial charge in [0.15, 0.2) is 0 Å². The second-order valence-corrected chi connectivity index (χ2v) is 11.7. The lowest BCUT2D eigenvalue weighted by Crippen LogP contribution is -2.47. The zero-order valence-corrected chi connectivity index (χ0v) is 27.3. The molecule has 4 N–H and O–H groups in total. The molecule has 1 fully saturated rings. The molecular weight excluding hydrogens is 697 g/mol. The Labute approximate surface area is 293 Å². The van der Waals surface area contributed by atoms with Gasteiger partial charge in [0.25, 0.3) is 5.91 Å². The predicted octanol–water partition coefficient (Wildman–Crippen LogP) is 3.83.